The van der Waals surface area contributed by atoms with Crippen LogP contribution in [0.2, 0.25) is 0 Å². The lowest BCUT2D eigenvalue weighted by Gasteiger charge is -2.43. The van der Waals surface area contributed by atoms with E-state index in [9.17, 15) is 0 Å². The van der Waals surface area contributed by atoms with E-state index < -0.39 is 0 Å². The van der Waals surface area contributed by atoms with Crippen molar-refractivity contribution in [1.82, 2.24) is 14.5 Å². The van der Waals surface area contributed by atoms with E-state index in [2.05, 4.69) is 35.2 Å². The minimum absolute atomic E-state index is 0.438. The summed E-state index contributed by atoms with van der Waals surface area (Å²) in [5, 5.41) is 0. The number of hydrogen-bond acceptors (Lipinski definition) is 3. The number of rotatable bonds is 5. The first-order chi connectivity index (χ1) is 9.19. The van der Waals surface area contributed by atoms with Gasteiger partial charge in [0, 0.05) is 18.8 Å². The monoisotopic (exact) mass is 264 g/mol. The number of piperidine rings is 1. The molecule has 2 atom stereocenters. The van der Waals surface area contributed by atoms with Gasteiger partial charge in [0.1, 0.15) is 0 Å². The van der Waals surface area contributed by atoms with Crippen LogP contribution in [0.3, 0.4) is 0 Å². The van der Waals surface area contributed by atoms with Crippen molar-refractivity contribution in [3.63, 3.8) is 0 Å². The topological polar surface area (TPSA) is 47.1 Å². The highest BCUT2D eigenvalue weighted by Gasteiger charge is 2.34. The third kappa shape index (κ3) is 3.00. The number of nitrogens with two attached hydrogens (primary N) is 1. The van der Waals surface area contributed by atoms with E-state index in [-0.39, 0.29) is 0 Å². The molecule has 1 fully saturated rings. The van der Waals surface area contributed by atoms with Gasteiger partial charge in [0.2, 0.25) is 0 Å². The molecule has 1 aliphatic rings. The Bertz CT molecular complexity index is 385. The van der Waals surface area contributed by atoms with Crippen molar-refractivity contribution in [3.8, 4) is 0 Å². The second kappa shape index (κ2) is 6.53. The van der Waals surface area contributed by atoms with Gasteiger partial charge in [0.25, 0.3) is 0 Å². The van der Waals surface area contributed by atoms with E-state index in [0.717, 1.165) is 19.5 Å². The van der Waals surface area contributed by atoms with E-state index in [0.29, 0.717) is 18.0 Å². The first-order valence-corrected chi connectivity index (χ1v) is 7.64. The number of likely N-dealkylation sites (tertiary alicyclic amines) is 1. The van der Waals surface area contributed by atoms with Crippen LogP contribution >= 0.6 is 0 Å². The minimum atomic E-state index is 0.438. The molecule has 0 bridgehead atoms. The fourth-order valence-electron chi connectivity index (χ4n) is 3.35. The quantitative estimate of drug-likeness (QED) is 0.888. The number of nitrogens with zero attached hydrogens (tertiary/aromatic N) is 3. The number of aromatic nitrogens is 2. The Balaban J connectivity index is 2.31. The van der Waals surface area contributed by atoms with Gasteiger partial charge in [0.15, 0.2) is 0 Å². The molecule has 2 rings (SSSR count). The third-order valence-corrected chi connectivity index (χ3v) is 4.27. The van der Waals surface area contributed by atoms with Crippen molar-refractivity contribution >= 4 is 0 Å². The maximum Gasteiger partial charge on any atom is 0.0948 e. The Hall–Kier alpha value is -0.870. The summed E-state index contributed by atoms with van der Waals surface area (Å²) in [5.74, 6) is 0.559. The van der Waals surface area contributed by atoms with Crippen molar-refractivity contribution in [2.75, 3.05) is 13.1 Å². The molecular formula is C15H28N4. The molecule has 1 aromatic heterocycles. The molecule has 0 saturated carbocycles. The lowest BCUT2D eigenvalue weighted by atomic mass is 9.86. The number of hydrogen-bond donors (Lipinski definition) is 1. The molecule has 1 saturated heterocycles. The highest BCUT2D eigenvalue weighted by Crippen LogP contribution is 2.36. The van der Waals surface area contributed by atoms with Crippen molar-refractivity contribution in [2.45, 2.75) is 58.7 Å². The average molecular weight is 264 g/mol. The summed E-state index contributed by atoms with van der Waals surface area (Å²) >= 11 is 0. The van der Waals surface area contributed by atoms with Crippen LogP contribution in [0.5, 0.6) is 0 Å². The fourth-order valence-corrected chi connectivity index (χ4v) is 3.35. The minimum Gasteiger partial charge on any atom is -0.333 e. The lowest BCUT2D eigenvalue weighted by Crippen LogP contribution is -2.45. The van der Waals surface area contributed by atoms with Crippen LogP contribution in [0, 0.1) is 5.92 Å². The lowest BCUT2D eigenvalue weighted by molar-refractivity contribution is 0.0614. The molecule has 19 heavy (non-hydrogen) atoms. The zero-order valence-electron chi connectivity index (χ0n) is 12.5. The summed E-state index contributed by atoms with van der Waals surface area (Å²) < 4.78 is 2.31. The summed E-state index contributed by atoms with van der Waals surface area (Å²) in [4.78, 5) is 6.98. The Morgan fingerprint density at radius 3 is 2.89 bits per heavy atom. The van der Waals surface area contributed by atoms with Crippen LogP contribution in [-0.4, -0.2) is 33.6 Å². The van der Waals surface area contributed by atoms with Crippen LogP contribution in [0.15, 0.2) is 12.5 Å². The molecule has 1 aliphatic heterocycles. The van der Waals surface area contributed by atoms with Gasteiger partial charge in [-0.05, 0) is 52.1 Å². The highest BCUT2D eigenvalue weighted by atomic mass is 15.2. The van der Waals surface area contributed by atoms with Gasteiger partial charge in [-0.3, -0.25) is 4.90 Å². The van der Waals surface area contributed by atoms with Crippen LogP contribution in [0.1, 0.15) is 51.8 Å². The largest absolute Gasteiger partial charge is 0.333 e. The summed E-state index contributed by atoms with van der Waals surface area (Å²) in [7, 11) is 0. The molecule has 2 heterocycles. The normalized spacial score (nSPS) is 25.1. The first kappa shape index (κ1) is 14.5. The Morgan fingerprint density at radius 2 is 2.26 bits per heavy atom. The van der Waals surface area contributed by atoms with Crippen molar-refractivity contribution in [2.24, 2.45) is 11.7 Å². The molecule has 0 spiro atoms. The molecule has 1 aromatic rings. The van der Waals surface area contributed by atoms with Crippen molar-refractivity contribution < 1.29 is 0 Å². The first-order valence-electron chi connectivity index (χ1n) is 7.64. The summed E-state index contributed by atoms with van der Waals surface area (Å²) in [6, 6.07) is 0.997. The van der Waals surface area contributed by atoms with Gasteiger partial charge in [-0.15, -0.1) is 0 Å². The van der Waals surface area contributed by atoms with E-state index in [4.69, 9.17) is 5.73 Å². The van der Waals surface area contributed by atoms with Gasteiger partial charge in [-0.25, -0.2) is 4.98 Å². The third-order valence-electron chi connectivity index (χ3n) is 4.27. The maximum atomic E-state index is 6.03. The fraction of sp³-hybridized carbons (Fsp3) is 0.800. The molecule has 0 radical (unpaired) electrons. The molecule has 4 nitrogen and oxygen atoms in total. The van der Waals surface area contributed by atoms with Crippen LogP contribution in [0.25, 0.3) is 0 Å². The highest BCUT2D eigenvalue weighted by molar-refractivity contribution is 5.10. The Labute approximate surface area is 117 Å². The van der Waals surface area contributed by atoms with E-state index in [1.807, 2.05) is 12.5 Å². The van der Waals surface area contributed by atoms with Gasteiger partial charge >= 0.3 is 0 Å². The van der Waals surface area contributed by atoms with Crippen LogP contribution in [0.4, 0.5) is 0 Å². The van der Waals surface area contributed by atoms with Crippen LogP contribution in [-0.2, 0) is 6.54 Å². The summed E-state index contributed by atoms with van der Waals surface area (Å²) in [5.41, 5.74) is 7.38. The molecule has 108 valence electrons. The Morgan fingerprint density at radius 1 is 1.47 bits per heavy atom. The van der Waals surface area contributed by atoms with E-state index in [1.165, 1.54) is 25.1 Å². The second-order valence-corrected chi connectivity index (χ2v) is 5.93. The number of aryl methyl sites for hydroxylation is 1. The standard InChI is InChI=1S/C15H28N4/c1-4-7-18-11-17-10-14(18)15-13(9-16)6-5-8-19(15)12(2)3/h10-13,15H,4-9,16H2,1-3H3. The molecular weight excluding hydrogens is 236 g/mol. The average Bonchev–Trinajstić information content (AvgIpc) is 2.86. The van der Waals surface area contributed by atoms with Gasteiger partial charge in [-0.1, -0.05) is 6.92 Å². The number of imidazole rings is 1. The molecule has 0 aromatic carbocycles. The smallest absolute Gasteiger partial charge is 0.0948 e. The zero-order valence-corrected chi connectivity index (χ0v) is 12.5. The summed E-state index contributed by atoms with van der Waals surface area (Å²) in [6.07, 6.45) is 7.66. The molecule has 4 heteroatoms. The molecule has 0 aliphatic carbocycles. The SMILES string of the molecule is CCCn1cncc1C1C(CN)CCCN1C(C)C. The molecule has 2 unspecified atom stereocenters. The molecule has 0 amide bonds. The van der Waals surface area contributed by atoms with Crippen molar-refractivity contribution in [3.05, 3.63) is 18.2 Å². The predicted octanol–water partition coefficient (Wildman–Crippen LogP) is 2.41. The van der Waals surface area contributed by atoms with E-state index >= 15 is 0 Å². The predicted molar refractivity (Wildman–Crippen MR) is 78.9 cm³/mol. The maximum absolute atomic E-state index is 6.03. The van der Waals surface area contributed by atoms with Crippen LogP contribution < -0.4 is 5.73 Å². The Kier molecular flexibility index (Phi) is 4.99. The molecule has 2 N–H and O–H groups in total. The van der Waals surface area contributed by atoms with Crippen molar-refractivity contribution in [1.29, 1.82) is 0 Å². The van der Waals surface area contributed by atoms with Gasteiger partial charge in [-0.2, -0.15) is 0 Å². The van der Waals surface area contributed by atoms with Gasteiger partial charge in [0.05, 0.1) is 18.1 Å². The van der Waals surface area contributed by atoms with Gasteiger partial charge < -0.3 is 10.3 Å². The zero-order chi connectivity index (χ0) is 13.8. The van der Waals surface area contributed by atoms with E-state index in [1.54, 1.807) is 0 Å². The second-order valence-electron chi connectivity index (χ2n) is 5.93. The summed E-state index contributed by atoms with van der Waals surface area (Å²) in [6.45, 7) is 9.78.